The number of nitrogens with one attached hydrogen (secondary N) is 4. The second-order valence-corrected chi connectivity index (χ2v) is 10.0. The molecule has 2 aliphatic carbocycles. The Hall–Kier alpha value is -4.14. The number of carbonyl (C=O) groups is 2. The lowest BCUT2D eigenvalue weighted by molar-refractivity contribution is 0.0950. The number of urea groups is 1. The van der Waals surface area contributed by atoms with Crippen molar-refractivity contribution < 1.29 is 9.59 Å². The molecule has 0 saturated heterocycles. The first-order valence-corrected chi connectivity index (χ1v) is 13.4. The lowest BCUT2D eigenvalue weighted by atomic mass is 9.89. The number of aromatic nitrogens is 1. The molecular formula is C30H31ClN6O2. The van der Waals surface area contributed by atoms with E-state index >= 15 is 0 Å². The Balaban J connectivity index is 1.21. The maximum atomic E-state index is 13.0. The van der Waals surface area contributed by atoms with Gasteiger partial charge in [-0.25, -0.2) is 9.78 Å². The number of benzene rings is 2. The van der Waals surface area contributed by atoms with E-state index in [2.05, 4.69) is 50.8 Å². The van der Waals surface area contributed by atoms with E-state index in [1.54, 1.807) is 0 Å². The molecule has 1 atom stereocenters. The second kappa shape index (κ2) is 12.1. The number of hydrogen-bond donors (Lipinski definition) is 5. The van der Waals surface area contributed by atoms with Crippen LogP contribution in [0.2, 0.25) is 5.02 Å². The number of carbonyl (C=O) groups excluding carboxylic acids is 2. The van der Waals surface area contributed by atoms with Crippen LogP contribution < -0.4 is 27.2 Å². The van der Waals surface area contributed by atoms with E-state index in [9.17, 15) is 9.59 Å². The molecular weight excluding hydrogens is 512 g/mol. The fraction of sp³-hybridized carbons (Fsp3) is 0.233. The minimum absolute atomic E-state index is 0.202. The Bertz CT molecular complexity index is 1450. The molecule has 0 fully saturated rings. The zero-order valence-corrected chi connectivity index (χ0v) is 22.2. The summed E-state index contributed by atoms with van der Waals surface area (Å²) in [7, 11) is 0. The first-order valence-electron chi connectivity index (χ1n) is 13.0. The average molecular weight is 543 g/mol. The van der Waals surface area contributed by atoms with Gasteiger partial charge in [-0.2, -0.15) is 0 Å². The predicted molar refractivity (Wildman–Crippen MR) is 153 cm³/mol. The minimum Gasteiger partial charge on any atom is -0.348 e. The molecule has 200 valence electrons. The lowest BCUT2D eigenvalue weighted by Gasteiger charge is -2.25. The van der Waals surface area contributed by atoms with Crippen molar-refractivity contribution in [3.05, 3.63) is 117 Å². The smallest absolute Gasteiger partial charge is 0.334 e. The number of anilines is 1. The molecule has 39 heavy (non-hydrogen) atoms. The highest BCUT2D eigenvalue weighted by Gasteiger charge is 2.27. The SMILES string of the molecule is NCc1cccc(CNC(=O)c2cnc(NNC(=O)NC3C4=C(CCC=C4)CCc4ccccc43)c(Cl)c2)c1. The van der Waals surface area contributed by atoms with Crippen molar-refractivity contribution in [3.8, 4) is 0 Å². The van der Waals surface area contributed by atoms with E-state index in [-0.39, 0.29) is 22.8 Å². The van der Waals surface area contributed by atoms with Crippen molar-refractivity contribution in [1.82, 2.24) is 21.0 Å². The number of allylic oxidation sites excluding steroid dienone is 2. The van der Waals surface area contributed by atoms with Crippen molar-refractivity contribution in [1.29, 1.82) is 0 Å². The molecule has 0 aliphatic heterocycles. The van der Waals surface area contributed by atoms with Gasteiger partial charge in [-0.05, 0) is 59.6 Å². The van der Waals surface area contributed by atoms with Gasteiger partial charge in [0.15, 0.2) is 5.82 Å². The van der Waals surface area contributed by atoms with Crippen LogP contribution in [0.15, 0.2) is 84.1 Å². The molecule has 5 rings (SSSR count). The van der Waals surface area contributed by atoms with Gasteiger partial charge in [-0.3, -0.25) is 15.6 Å². The van der Waals surface area contributed by atoms with Crippen LogP contribution in [0.5, 0.6) is 0 Å². The minimum atomic E-state index is -0.415. The van der Waals surface area contributed by atoms with Gasteiger partial charge in [0, 0.05) is 19.3 Å². The summed E-state index contributed by atoms with van der Waals surface area (Å²) < 4.78 is 0. The zero-order valence-electron chi connectivity index (χ0n) is 21.5. The molecule has 0 bridgehead atoms. The summed E-state index contributed by atoms with van der Waals surface area (Å²) in [6.45, 7) is 0.787. The quantitative estimate of drug-likeness (QED) is 0.266. The largest absolute Gasteiger partial charge is 0.348 e. The average Bonchev–Trinajstić information content (AvgIpc) is 3.12. The summed E-state index contributed by atoms with van der Waals surface area (Å²) >= 11 is 6.38. The molecule has 1 heterocycles. The maximum absolute atomic E-state index is 13.0. The molecule has 1 unspecified atom stereocenters. The van der Waals surface area contributed by atoms with Crippen LogP contribution in [0.25, 0.3) is 0 Å². The van der Waals surface area contributed by atoms with E-state index < -0.39 is 6.03 Å². The number of aryl methyl sites for hydroxylation is 1. The molecule has 1 aromatic heterocycles. The van der Waals surface area contributed by atoms with Crippen LogP contribution in [-0.2, 0) is 19.5 Å². The molecule has 6 N–H and O–H groups in total. The maximum Gasteiger partial charge on any atom is 0.334 e. The van der Waals surface area contributed by atoms with Crippen LogP contribution >= 0.6 is 11.6 Å². The molecule has 8 nitrogen and oxygen atoms in total. The van der Waals surface area contributed by atoms with E-state index in [0.717, 1.165) is 47.9 Å². The summed E-state index contributed by atoms with van der Waals surface area (Å²) in [4.78, 5) is 29.8. The third kappa shape index (κ3) is 6.30. The highest BCUT2D eigenvalue weighted by molar-refractivity contribution is 6.33. The first kappa shape index (κ1) is 26.5. The Morgan fingerprint density at radius 2 is 1.87 bits per heavy atom. The fourth-order valence-electron chi connectivity index (χ4n) is 5.04. The Morgan fingerprint density at radius 1 is 1.03 bits per heavy atom. The van der Waals surface area contributed by atoms with Crippen molar-refractivity contribution in [2.45, 2.75) is 44.8 Å². The second-order valence-electron chi connectivity index (χ2n) is 9.62. The predicted octanol–water partition coefficient (Wildman–Crippen LogP) is 5.08. The Labute approximate surface area is 232 Å². The van der Waals surface area contributed by atoms with E-state index in [0.29, 0.717) is 18.7 Å². The van der Waals surface area contributed by atoms with Gasteiger partial charge in [0.2, 0.25) is 0 Å². The number of nitrogens with zero attached hydrogens (tertiary/aromatic N) is 1. The number of hydrazine groups is 1. The van der Waals surface area contributed by atoms with E-state index in [1.807, 2.05) is 36.4 Å². The monoisotopic (exact) mass is 542 g/mol. The van der Waals surface area contributed by atoms with Crippen LogP contribution in [0, 0.1) is 0 Å². The summed E-state index contributed by atoms with van der Waals surface area (Å²) in [5.74, 6) is -0.0748. The molecule has 3 aromatic rings. The number of pyridine rings is 1. The van der Waals surface area contributed by atoms with E-state index in [1.165, 1.54) is 23.4 Å². The van der Waals surface area contributed by atoms with Gasteiger partial charge in [0.05, 0.1) is 16.6 Å². The number of halogens is 1. The fourth-order valence-corrected chi connectivity index (χ4v) is 5.25. The van der Waals surface area contributed by atoms with Gasteiger partial charge in [-0.1, -0.05) is 77.9 Å². The normalized spacial score (nSPS) is 16.0. The number of amides is 3. The summed E-state index contributed by atoms with van der Waals surface area (Å²) in [6, 6.07) is 16.8. The number of hydrogen-bond acceptors (Lipinski definition) is 5. The number of nitrogens with two attached hydrogens (primary N) is 1. The van der Waals surface area contributed by atoms with Crippen molar-refractivity contribution in [3.63, 3.8) is 0 Å². The van der Waals surface area contributed by atoms with Gasteiger partial charge >= 0.3 is 6.03 Å². The molecule has 0 spiro atoms. The van der Waals surface area contributed by atoms with Crippen molar-refractivity contribution >= 4 is 29.4 Å². The molecule has 2 aromatic carbocycles. The third-order valence-corrected chi connectivity index (χ3v) is 7.33. The molecule has 0 saturated carbocycles. The standard InChI is InChI=1S/C30H31ClN6O2/c31-26-15-23(29(38)34-17-20-7-5-6-19(14-20)16-32)18-33-28(26)36-37-30(39)35-27-24-10-3-1-8-21(24)12-13-22-9-2-4-11-25(22)27/h1,3-8,10-11,14-15,18,27H,2,9,12-13,16-17,32H2,(H,33,36)(H,34,38)(H2,35,37,39). The first-order chi connectivity index (χ1) is 19.0. The highest BCUT2D eigenvalue weighted by Crippen LogP contribution is 2.37. The topological polar surface area (TPSA) is 121 Å². The van der Waals surface area contributed by atoms with Gasteiger partial charge in [-0.15, -0.1) is 0 Å². The Morgan fingerprint density at radius 3 is 2.72 bits per heavy atom. The van der Waals surface area contributed by atoms with Crippen molar-refractivity contribution in [2.75, 3.05) is 5.43 Å². The van der Waals surface area contributed by atoms with Crippen LogP contribution in [0.3, 0.4) is 0 Å². The molecule has 3 amide bonds. The third-order valence-electron chi connectivity index (χ3n) is 7.05. The number of rotatable bonds is 7. The molecule has 9 heteroatoms. The molecule has 0 radical (unpaired) electrons. The summed E-state index contributed by atoms with van der Waals surface area (Å²) in [5, 5.41) is 6.17. The van der Waals surface area contributed by atoms with Crippen LogP contribution in [0.4, 0.5) is 10.6 Å². The highest BCUT2D eigenvalue weighted by atomic mass is 35.5. The van der Waals surface area contributed by atoms with Gasteiger partial charge < -0.3 is 16.4 Å². The van der Waals surface area contributed by atoms with Crippen molar-refractivity contribution in [2.24, 2.45) is 5.73 Å². The van der Waals surface area contributed by atoms with E-state index in [4.69, 9.17) is 17.3 Å². The summed E-state index contributed by atoms with van der Waals surface area (Å²) in [5.41, 5.74) is 18.2. The Kier molecular flexibility index (Phi) is 8.24. The summed E-state index contributed by atoms with van der Waals surface area (Å²) in [6.07, 6.45) is 9.69. The van der Waals surface area contributed by atoms with Crippen LogP contribution in [0.1, 0.15) is 57.9 Å². The van der Waals surface area contributed by atoms with Crippen LogP contribution in [-0.4, -0.2) is 16.9 Å². The molecule has 2 aliphatic rings. The van der Waals surface area contributed by atoms with Gasteiger partial charge in [0.25, 0.3) is 5.91 Å². The van der Waals surface area contributed by atoms with Gasteiger partial charge in [0.1, 0.15) is 0 Å². The number of fused-ring (bicyclic) bond motifs is 1. The lowest BCUT2D eigenvalue weighted by Crippen LogP contribution is -2.42. The zero-order chi connectivity index (χ0) is 27.2.